The van der Waals surface area contributed by atoms with Crippen LogP contribution >= 0.6 is 0 Å². The van der Waals surface area contributed by atoms with E-state index in [1.165, 1.54) is 6.20 Å². The van der Waals surface area contributed by atoms with Crippen LogP contribution in [0.1, 0.15) is 24.2 Å². The highest BCUT2D eigenvalue weighted by atomic mass is 19.4. The molecule has 0 spiro atoms. The fraction of sp³-hybridized carbons (Fsp3) is 0.625. The summed E-state index contributed by atoms with van der Waals surface area (Å²) in [6.45, 7) is 2.91. The number of rotatable bonds is 2. The molecule has 0 amide bonds. The zero-order valence-corrected chi connectivity index (χ0v) is 7.97. The zero-order valence-electron chi connectivity index (χ0n) is 7.97. The standard InChI is InChI=1S/C8H12F3N3/c1-5-7(3-12)4-14(13-5)6(2)8(9,10)11/h4,6H,3,12H2,1-2H3. The van der Waals surface area contributed by atoms with Crippen LogP contribution in [-0.2, 0) is 6.54 Å². The fourth-order valence-corrected chi connectivity index (χ4v) is 1.07. The van der Waals surface area contributed by atoms with Gasteiger partial charge in [-0.05, 0) is 13.8 Å². The quantitative estimate of drug-likeness (QED) is 0.803. The summed E-state index contributed by atoms with van der Waals surface area (Å²) >= 11 is 0. The van der Waals surface area contributed by atoms with Gasteiger partial charge in [0.05, 0.1) is 5.69 Å². The van der Waals surface area contributed by atoms with E-state index in [2.05, 4.69) is 5.10 Å². The van der Waals surface area contributed by atoms with E-state index >= 15 is 0 Å². The van der Waals surface area contributed by atoms with E-state index in [-0.39, 0.29) is 6.54 Å². The highest BCUT2D eigenvalue weighted by Gasteiger charge is 2.38. The van der Waals surface area contributed by atoms with Crippen LogP contribution in [0, 0.1) is 6.92 Å². The van der Waals surface area contributed by atoms with Crippen LogP contribution in [0.2, 0.25) is 0 Å². The molecule has 0 aliphatic carbocycles. The summed E-state index contributed by atoms with van der Waals surface area (Å²) in [4.78, 5) is 0. The van der Waals surface area contributed by atoms with Crippen molar-refractivity contribution < 1.29 is 13.2 Å². The van der Waals surface area contributed by atoms with Crippen molar-refractivity contribution in [1.82, 2.24) is 9.78 Å². The first-order chi connectivity index (χ1) is 6.36. The van der Waals surface area contributed by atoms with Crippen molar-refractivity contribution in [1.29, 1.82) is 0 Å². The van der Waals surface area contributed by atoms with Crippen molar-refractivity contribution in [2.45, 2.75) is 32.6 Å². The lowest BCUT2D eigenvalue weighted by Crippen LogP contribution is -2.24. The van der Waals surface area contributed by atoms with Crippen LogP contribution in [0.15, 0.2) is 6.20 Å². The molecule has 6 heteroatoms. The normalized spacial score (nSPS) is 14.4. The van der Waals surface area contributed by atoms with Crippen LogP contribution in [0.5, 0.6) is 0 Å². The Morgan fingerprint density at radius 2 is 2.14 bits per heavy atom. The molecule has 0 aromatic carbocycles. The first kappa shape index (κ1) is 11.0. The molecule has 0 fully saturated rings. The van der Waals surface area contributed by atoms with E-state index in [0.29, 0.717) is 11.3 Å². The molecule has 2 N–H and O–H groups in total. The molecule has 14 heavy (non-hydrogen) atoms. The number of nitrogens with zero attached hydrogens (tertiary/aromatic N) is 2. The molecule has 80 valence electrons. The summed E-state index contributed by atoms with van der Waals surface area (Å²) in [6.07, 6.45) is -2.93. The predicted octanol–water partition coefficient (Wildman–Crippen LogP) is 1.77. The summed E-state index contributed by atoms with van der Waals surface area (Å²) in [7, 11) is 0. The van der Waals surface area contributed by atoms with Crippen LogP contribution in [0.3, 0.4) is 0 Å². The highest BCUT2D eigenvalue weighted by Crippen LogP contribution is 2.29. The van der Waals surface area contributed by atoms with Crippen molar-refractivity contribution in [2.75, 3.05) is 0 Å². The maximum Gasteiger partial charge on any atom is 0.410 e. The van der Waals surface area contributed by atoms with E-state index < -0.39 is 12.2 Å². The van der Waals surface area contributed by atoms with Crippen LogP contribution in [-0.4, -0.2) is 16.0 Å². The lowest BCUT2D eigenvalue weighted by atomic mass is 10.3. The Labute approximate surface area is 79.7 Å². The Morgan fingerprint density at radius 3 is 2.50 bits per heavy atom. The second kappa shape index (κ2) is 3.61. The largest absolute Gasteiger partial charge is 0.410 e. The van der Waals surface area contributed by atoms with E-state index in [4.69, 9.17) is 5.73 Å². The monoisotopic (exact) mass is 207 g/mol. The molecule has 1 aromatic rings. The van der Waals surface area contributed by atoms with Crippen LogP contribution < -0.4 is 5.73 Å². The molecule has 0 saturated carbocycles. The maximum absolute atomic E-state index is 12.3. The second-order valence-electron chi connectivity index (χ2n) is 3.14. The van der Waals surface area contributed by atoms with Crippen molar-refractivity contribution in [3.8, 4) is 0 Å². The first-order valence-corrected chi connectivity index (χ1v) is 4.17. The van der Waals surface area contributed by atoms with Gasteiger partial charge in [-0.3, -0.25) is 4.68 Å². The van der Waals surface area contributed by atoms with E-state index in [1.54, 1.807) is 6.92 Å². The average molecular weight is 207 g/mol. The Balaban J connectivity index is 2.97. The minimum absolute atomic E-state index is 0.205. The van der Waals surface area contributed by atoms with Gasteiger partial charge in [-0.2, -0.15) is 18.3 Å². The van der Waals surface area contributed by atoms with Gasteiger partial charge in [-0.1, -0.05) is 0 Å². The summed E-state index contributed by atoms with van der Waals surface area (Å²) in [5, 5.41) is 3.76. The summed E-state index contributed by atoms with van der Waals surface area (Å²) in [5.74, 6) is 0. The minimum atomic E-state index is -4.27. The fourth-order valence-electron chi connectivity index (χ4n) is 1.07. The topological polar surface area (TPSA) is 43.8 Å². The third kappa shape index (κ3) is 2.06. The number of aryl methyl sites for hydroxylation is 1. The molecule has 0 bridgehead atoms. The van der Waals surface area contributed by atoms with Gasteiger partial charge in [0.2, 0.25) is 0 Å². The predicted molar refractivity (Wildman–Crippen MR) is 45.6 cm³/mol. The second-order valence-corrected chi connectivity index (χ2v) is 3.14. The van der Waals surface area contributed by atoms with E-state index in [9.17, 15) is 13.2 Å². The van der Waals surface area contributed by atoms with Gasteiger partial charge in [-0.25, -0.2) is 0 Å². The summed E-state index contributed by atoms with van der Waals surface area (Å²) < 4.78 is 37.8. The lowest BCUT2D eigenvalue weighted by Gasteiger charge is -2.15. The number of aromatic nitrogens is 2. The number of hydrogen-bond acceptors (Lipinski definition) is 2. The van der Waals surface area contributed by atoms with E-state index in [1.807, 2.05) is 0 Å². The van der Waals surface area contributed by atoms with Gasteiger partial charge in [0, 0.05) is 18.3 Å². The van der Waals surface area contributed by atoms with Gasteiger partial charge < -0.3 is 5.73 Å². The van der Waals surface area contributed by atoms with Gasteiger partial charge in [0.25, 0.3) is 0 Å². The van der Waals surface area contributed by atoms with Crippen LogP contribution in [0.25, 0.3) is 0 Å². The Hall–Kier alpha value is -1.04. The Kier molecular flexibility index (Phi) is 2.84. The molecule has 0 radical (unpaired) electrons. The average Bonchev–Trinajstić information content (AvgIpc) is 2.43. The van der Waals surface area contributed by atoms with Crippen molar-refractivity contribution in [3.63, 3.8) is 0 Å². The number of halogens is 3. The lowest BCUT2D eigenvalue weighted by molar-refractivity contribution is -0.165. The third-order valence-electron chi connectivity index (χ3n) is 2.11. The Bertz CT molecular complexity index is 316. The summed E-state index contributed by atoms with van der Waals surface area (Å²) in [5.41, 5.74) is 6.52. The zero-order chi connectivity index (χ0) is 10.9. The molecule has 0 aliphatic heterocycles. The molecule has 0 aliphatic rings. The molecule has 1 unspecified atom stereocenters. The van der Waals surface area contributed by atoms with Crippen molar-refractivity contribution >= 4 is 0 Å². The van der Waals surface area contributed by atoms with Crippen LogP contribution in [0.4, 0.5) is 13.2 Å². The van der Waals surface area contributed by atoms with Crippen molar-refractivity contribution in [3.05, 3.63) is 17.5 Å². The molecule has 1 rings (SSSR count). The number of hydrogen-bond donors (Lipinski definition) is 1. The molecular formula is C8H12F3N3. The van der Waals surface area contributed by atoms with Gasteiger partial charge in [0.15, 0.2) is 0 Å². The number of nitrogens with two attached hydrogens (primary N) is 1. The SMILES string of the molecule is Cc1nn(C(C)C(F)(F)F)cc1CN. The van der Waals surface area contributed by atoms with Gasteiger partial charge in [-0.15, -0.1) is 0 Å². The van der Waals surface area contributed by atoms with Gasteiger partial charge in [0.1, 0.15) is 6.04 Å². The third-order valence-corrected chi connectivity index (χ3v) is 2.11. The van der Waals surface area contributed by atoms with Crippen molar-refractivity contribution in [2.24, 2.45) is 5.73 Å². The molecular weight excluding hydrogens is 195 g/mol. The molecule has 0 saturated heterocycles. The van der Waals surface area contributed by atoms with E-state index in [0.717, 1.165) is 11.6 Å². The molecule has 1 aromatic heterocycles. The Morgan fingerprint density at radius 1 is 1.57 bits per heavy atom. The maximum atomic E-state index is 12.3. The summed E-state index contributed by atoms with van der Waals surface area (Å²) in [6, 6.07) is -1.61. The highest BCUT2D eigenvalue weighted by molar-refractivity contribution is 5.15. The molecule has 1 heterocycles. The number of alkyl halides is 3. The molecule has 3 nitrogen and oxygen atoms in total. The first-order valence-electron chi connectivity index (χ1n) is 4.17. The van der Waals surface area contributed by atoms with Gasteiger partial charge >= 0.3 is 6.18 Å². The molecule has 1 atom stereocenters. The minimum Gasteiger partial charge on any atom is -0.326 e. The smallest absolute Gasteiger partial charge is 0.326 e.